The van der Waals surface area contributed by atoms with E-state index in [1.807, 2.05) is 42.5 Å². The number of aliphatic hydroxyl groups excluding tert-OH is 1. The molecule has 1 unspecified atom stereocenters. The summed E-state index contributed by atoms with van der Waals surface area (Å²) >= 11 is 0. The minimum absolute atomic E-state index is 0.00666. The van der Waals surface area contributed by atoms with E-state index in [0.717, 1.165) is 37.7 Å². The van der Waals surface area contributed by atoms with Crippen molar-refractivity contribution in [1.29, 1.82) is 0 Å². The van der Waals surface area contributed by atoms with Crippen molar-refractivity contribution in [2.45, 2.75) is 77.2 Å². The average molecular weight is 477 g/mol. The first kappa shape index (κ1) is 27.0. The Kier molecular flexibility index (Phi) is 10.4. The summed E-state index contributed by atoms with van der Waals surface area (Å²) in [6.07, 6.45) is 19.1. The van der Waals surface area contributed by atoms with Crippen LogP contribution in [0.1, 0.15) is 76.7 Å². The van der Waals surface area contributed by atoms with Gasteiger partial charge in [-0.2, -0.15) is 0 Å². The van der Waals surface area contributed by atoms with Gasteiger partial charge in [0.1, 0.15) is 0 Å². The number of ether oxygens (including phenoxy) is 1. The van der Waals surface area contributed by atoms with E-state index in [1.54, 1.807) is 0 Å². The van der Waals surface area contributed by atoms with Crippen LogP contribution in [0, 0.1) is 22.7 Å². The van der Waals surface area contributed by atoms with Crippen LogP contribution in [0.15, 0.2) is 66.3 Å². The Bertz CT molecular complexity index is 959. The van der Waals surface area contributed by atoms with E-state index in [4.69, 9.17) is 9.84 Å². The summed E-state index contributed by atoms with van der Waals surface area (Å²) in [5.41, 5.74) is 2.28. The van der Waals surface area contributed by atoms with Crippen molar-refractivity contribution < 1.29 is 19.7 Å². The third-order valence-electron chi connectivity index (χ3n) is 7.55. The lowest BCUT2D eigenvalue weighted by atomic mass is 9.63. The molecule has 2 aliphatic carbocycles. The quantitative estimate of drug-likeness (QED) is 0.166. The molecule has 0 spiro atoms. The molecule has 3 rings (SSSR count). The third-order valence-corrected chi connectivity index (χ3v) is 7.55. The smallest absolute Gasteiger partial charge is 0.303 e. The van der Waals surface area contributed by atoms with Crippen LogP contribution < -0.4 is 0 Å². The third kappa shape index (κ3) is 8.23. The van der Waals surface area contributed by atoms with E-state index in [2.05, 4.69) is 37.0 Å². The van der Waals surface area contributed by atoms with Gasteiger partial charge in [-0.05, 0) is 50.7 Å². The normalized spacial score (nSPS) is 23.7. The SMILES string of the molecule is C[C@@]1(/C=C/C=C/C(O)C2(CC#Cc3ccccc3)CCC2)CCCC/C1=C\COCCCC(=O)O. The lowest BCUT2D eigenvalue weighted by Gasteiger charge is -2.43. The molecular weight excluding hydrogens is 436 g/mol. The number of aliphatic hydroxyl groups is 1. The van der Waals surface area contributed by atoms with Crippen LogP contribution in [0.25, 0.3) is 0 Å². The number of hydrogen-bond donors (Lipinski definition) is 2. The molecule has 2 saturated carbocycles. The van der Waals surface area contributed by atoms with Gasteiger partial charge in [0.25, 0.3) is 0 Å². The molecule has 1 aromatic carbocycles. The van der Waals surface area contributed by atoms with Crippen LogP contribution in [-0.2, 0) is 9.53 Å². The second kappa shape index (κ2) is 13.5. The van der Waals surface area contributed by atoms with Crippen LogP contribution in [0.3, 0.4) is 0 Å². The number of aliphatic carboxylic acids is 1. The molecule has 0 aromatic heterocycles. The van der Waals surface area contributed by atoms with Gasteiger partial charge in [-0.25, -0.2) is 0 Å². The number of rotatable bonds is 11. The number of carbonyl (C=O) groups is 1. The molecule has 0 heterocycles. The molecule has 0 amide bonds. The van der Waals surface area contributed by atoms with Crippen molar-refractivity contribution in [3.8, 4) is 11.8 Å². The lowest BCUT2D eigenvalue weighted by Crippen LogP contribution is -2.40. The van der Waals surface area contributed by atoms with E-state index < -0.39 is 12.1 Å². The van der Waals surface area contributed by atoms with E-state index in [9.17, 15) is 9.90 Å². The molecule has 2 atom stereocenters. The van der Waals surface area contributed by atoms with Gasteiger partial charge in [0.05, 0.1) is 12.7 Å². The zero-order chi connectivity index (χ0) is 25.0. The van der Waals surface area contributed by atoms with E-state index >= 15 is 0 Å². The number of carboxylic acids is 1. The van der Waals surface area contributed by atoms with Gasteiger partial charge < -0.3 is 14.9 Å². The van der Waals surface area contributed by atoms with Crippen LogP contribution in [0.4, 0.5) is 0 Å². The number of carboxylic acid groups (broad SMARTS) is 1. The largest absolute Gasteiger partial charge is 0.481 e. The number of benzene rings is 1. The predicted molar refractivity (Wildman–Crippen MR) is 141 cm³/mol. The molecule has 0 saturated heterocycles. The molecule has 0 bridgehead atoms. The zero-order valence-corrected chi connectivity index (χ0v) is 21.0. The summed E-state index contributed by atoms with van der Waals surface area (Å²) in [4.78, 5) is 10.6. The highest BCUT2D eigenvalue weighted by molar-refractivity contribution is 5.66. The van der Waals surface area contributed by atoms with Gasteiger partial charge in [0, 0.05) is 35.8 Å². The summed E-state index contributed by atoms with van der Waals surface area (Å²) in [5, 5.41) is 19.7. The minimum Gasteiger partial charge on any atom is -0.481 e. The molecule has 0 radical (unpaired) electrons. The Morgan fingerprint density at radius 1 is 1.14 bits per heavy atom. The first-order chi connectivity index (χ1) is 16.9. The van der Waals surface area contributed by atoms with Crippen LogP contribution in [0.5, 0.6) is 0 Å². The van der Waals surface area contributed by atoms with E-state index in [-0.39, 0.29) is 17.3 Å². The molecule has 4 heteroatoms. The van der Waals surface area contributed by atoms with Gasteiger partial charge in [-0.1, -0.05) is 85.8 Å². The molecule has 2 fully saturated rings. The van der Waals surface area contributed by atoms with Crippen molar-refractivity contribution in [2.75, 3.05) is 13.2 Å². The highest BCUT2D eigenvalue weighted by atomic mass is 16.5. The summed E-state index contributed by atoms with van der Waals surface area (Å²) in [6, 6.07) is 10.0. The second-order valence-electron chi connectivity index (χ2n) is 10.2. The molecule has 0 aliphatic heterocycles. The lowest BCUT2D eigenvalue weighted by molar-refractivity contribution is -0.137. The van der Waals surface area contributed by atoms with Gasteiger partial charge >= 0.3 is 5.97 Å². The molecule has 1 aromatic rings. The summed E-state index contributed by atoms with van der Waals surface area (Å²) in [6.45, 7) is 3.27. The summed E-state index contributed by atoms with van der Waals surface area (Å²) in [7, 11) is 0. The average Bonchev–Trinajstić information content (AvgIpc) is 2.82. The van der Waals surface area contributed by atoms with Gasteiger partial charge in [-0.3, -0.25) is 4.79 Å². The molecule has 2 N–H and O–H groups in total. The summed E-state index contributed by atoms with van der Waals surface area (Å²) < 4.78 is 5.63. The highest BCUT2D eigenvalue weighted by Crippen LogP contribution is 2.47. The van der Waals surface area contributed by atoms with Crippen molar-refractivity contribution in [2.24, 2.45) is 10.8 Å². The monoisotopic (exact) mass is 476 g/mol. The second-order valence-corrected chi connectivity index (χ2v) is 10.2. The van der Waals surface area contributed by atoms with Gasteiger partial charge in [-0.15, -0.1) is 0 Å². The van der Waals surface area contributed by atoms with Crippen molar-refractivity contribution >= 4 is 5.97 Å². The topological polar surface area (TPSA) is 66.8 Å². The standard InChI is InChI=1S/C31H40O4/c1-30(19-7-5-15-27(30)18-25-35-24-10-17-29(33)34)20-8-6-16-28(32)31(22-11-23-31)21-9-14-26-12-3-2-4-13-26/h2-4,6,8,12-13,16,18,20,28,32H,5,7,10-11,15,17,19,21-25H2,1H3,(H,33,34)/b16-6+,20-8+,27-18+/t28?,30-/m0/s1. The maximum absolute atomic E-state index is 10.9. The van der Waals surface area contributed by atoms with Crippen LogP contribution in [-0.4, -0.2) is 35.5 Å². The predicted octanol–water partition coefficient (Wildman–Crippen LogP) is 6.46. The molecular formula is C31H40O4. The molecule has 2 aliphatic rings. The number of allylic oxidation sites excluding steroid dienone is 4. The zero-order valence-electron chi connectivity index (χ0n) is 21.0. The van der Waals surface area contributed by atoms with Gasteiger partial charge in [0.2, 0.25) is 0 Å². The molecule has 4 nitrogen and oxygen atoms in total. The van der Waals surface area contributed by atoms with Crippen LogP contribution in [0.2, 0.25) is 0 Å². The maximum Gasteiger partial charge on any atom is 0.303 e. The fraction of sp³-hybridized carbons (Fsp3) is 0.516. The maximum atomic E-state index is 10.9. The van der Waals surface area contributed by atoms with E-state index in [0.29, 0.717) is 26.1 Å². The van der Waals surface area contributed by atoms with Gasteiger partial charge in [0.15, 0.2) is 0 Å². The number of hydrogen-bond acceptors (Lipinski definition) is 3. The fourth-order valence-electron chi connectivity index (χ4n) is 5.04. The fourth-order valence-corrected chi connectivity index (χ4v) is 5.04. The first-order valence-corrected chi connectivity index (χ1v) is 13.0. The Balaban J connectivity index is 1.53. The van der Waals surface area contributed by atoms with Crippen molar-refractivity contribution in [3.05, 3.63) is 71.8 Å². The minimum atomic E-state index is -0.779. The molecule has 35 heavy (non-hydrogen) atoms. The Hall–Kier alpha value is -2.61. The Morgan fingerprint density at radius 3 is 2.66 bits per heavy atom. The summed E-state index contributed by atoms with van der Waals surface area (Å²) in [5.74, 6) is 5.76. The van der Waals surface area contributed by atoms with Crippen LogP contribution >= 0.6 is 0 Å². The Labute approximate surface area is 210 Å². The van der Waals surface area contributed by atoms with E-state index in [1.165, 1.54) is 18.4 Å². The highest BCUT2D eigenvalue weighted by Gasteiger charge is 2.41. The van der Waals surface area contributed by atoms with Crippen molar-refractivity contribution in [1.82, 2.24) is 0 Å². The Morgan fingerprint density at radius 2 is 1.94 bits per heavy atom. The first-order valence-electron chi connectivity index (χ1n) is 13.0. The van der Waals surface area contributed by atoms with Crippen molar-refractivity contribution in [3.63, 3.8) is 0 Å². The molecule has 188 valence electrons.